The molecular formula is C14H16N2O2S2. The van der Waals surface area contributed by atoms with E-state index in [-0.39, 0.29) is 10.6 Å². The van der Waals surface area contributed by atoms with Crippen molar-refractivity contribution < 1.29 is 8.42 Å². The second kappa shape index (κ2) is 5.76. The molecule has 2 rings (SSSR count). The van der Waals surface area contributed by atoms with Crippen LogP contribution < -0.4 is 11.1 Å². The van der Waals surface area contributed by atoms with Gasteiger partial charge in [0.2, 0.25) is 0 Å². The quantitative estimate of drug-likeness (QED) is 0.670. The lowest BCUT2D eigenvalue weighted by Gasteiger charge is -2.14. The topological polar surface area (TPSA) is 72.2 Å². The van der Waals surface area contributed by atoms with Gasteiger partial charge in [-0.25, -0.2) is 8.42 Å². The zero-order valence-electron chi connectivity index (χ0n) is 11.3. The number of rotatable bonds is 4. The number of para-hydroxylation sites is 2. The van der Waals surface area contributed by atoms with Crippen molar-refractivity contribution in [2.45, 2.75) is 9.79 Å². The van der Waals surface area contributed by atoms with Crippen LogP contribution in [-0.4, -0.2) is 20.9 Å². The number of nitrogens with one attached hydrogen (secondary N) is 1. The van der Waals surface area contributed by atoms with Gasteiger partial charge in [-0.2, -0.15) is 0 Å². The fourth-order valence-corrected chi connectivity index (χ4v) is 3.26. The van der Waals surface area contributed by atoms with Crippen LogP contribution in [0.1, 0.15) is 0 Å². The number of benzene rings is 2. The summed E-state index contributed by atoms with van der Waals surface area (Å²) in [6, 6.07) is 12.7. The van der Waals surface area contributed by atoms with Gasteiger partial charge in [0.25, 0.3) is 0 Å². The van der Waals surface area contributed by atoms with Crippen LogP contribution >= 0.6 is 11.8 Å². The first-order valence-corrected chi connectivity index (χ1v) is 9.03. The molecule has 0 saturated heterocycles. The van der Waals surface area contributed by atoms with Crippen molar-refractivity contribution in [3.63, 3.8) is 0 Å². The molecule has 0 radical (unpaired) electrons. The largest absolute Gasteiger partial charge is 0.396 e. The number of sulfone groups is 1. The lowest BCUT2D eigenvalue weighted by atomic mass is 10.2. The highest BCUT2D eigenvalue weighted by Gasteiger charge is 2.14. The number of nitrogen functional groups attached to an aromatic ring is 1. The van der Waals surface area contributed by atoms with Gasteiger partial charge >= 0.3 is 0 Å². The molecule has 0 aliphatic heterocycles. The zero-order valence-corrected chi connectivity index (χ0v) is 12.9. The summed E-state index contributed by atoms with van der Waals surface area (Å²) in [7, 11) is -3.33. The average Bonchev–Trinajstić information content (AvgIpc) is 2.40. The molecule has 0 aliphatic carbocycles. The van der Waals surface area contributed by atoms with E-state index >= 15 is 0 Å². The molecule has 3 N–H and O–H groups in total. The van der Waals surface area contributed by atoms with Gasteiger partial charge < -0.3 is 11.1 Å². The molecular weight excluding hydrogens is 292 g/mol. The summed E-state index contributed by atoms with van der Waals surface area (Å²) in [4.78, 5) is 1.21. The molecule has 6 heteroatoms. The lowest BCUT2D eigenvalue weighted by Crippen LogP contribution is -2.05. The SMILES string of the molecule is CSc1ccccc1Nc1cccc(S(C)(=O)=O)c1N. The molecule has 2 aromatic rings. The summed E-state index contributed by atoms with van der Waals surface area (Å²) in [5, 5.41) is 3.19. The fourth-order valence-electron chi connectivity index (χ4n) is 1.87. The number of hydrogen-bond donors (Lipinski definition) is 2. The Balaban J connectivity index is 2.45. The maximum Gasteiger partial charge on any atom is 0.177 e. The molecule has 0 aromatic heterocycles. The Kier molecular flexibility index (Phi) is 4.25. The van der Waals surface area contributed by atoms with Gasteiger partial charge in [-0.05, 0) is 30.5 Å². The van der Waals surface area contributed by atoms with E-state index in [2.05, 4.69) is 5.32 Å². The van der Waals surface area contributed by atoms with Crippen molar-refractivity contribution in [2.75, 3.05) is 23.6 Å². The molecule has 0 saturated carbocycles. The maximum absolute atomic E-state index is 11.7. The van der Waals surface area contributed by atoms with E-state index in [0.29, 0.717) is 5.69 Å². The van der Waals surface area contributed by atoms with Crippen molar-refractivity contribution in [1.29, 1.82) is 0 Å². The second-order valence-corrected chi connectivity index (χ2v) is 7.15. The van der Waals surface area contributed by atoms with E-state index in [1.54, 1.807) is 23.9 Å². The van der Waals surface area contributed by atoms with Crippen LogP contribution in [0, 0.1) is 0 Å². The third-order valence-corrected chi connectivity index (χ3v) is 4.79. The minimum atomic E-state index is -3.33. The molecule has 20 heavy (non-hydrogen) atoms. The molecule has 0 unspecified atom stereocenters. The maximum atomic E-state index is 11.7. The molecule has 0 amide bonds. The third kappa shape index (κ3) is 3.08. The van der Waals surface area contributed by atoms with E-state index < -0.39 is 9.84 Å². The zero-order chi connectivity index (χ0) is 14.8. The molecule has 0 atom stereocenters. The minimum absolute atomic E-state index is 0.143. The summed E-state index contributed by atoms with van der Waals surface area (Å²) in [5.41, 5.74) is 7.69. The third-order valence-electron chi connectivity index (χ3n) is 2.84. The number of hydrogen-bond acceptors (Lipinski definition) is 5. The lowest BCUT2D eigenvalue weighted by molar-refractivity contribution is 0.602. The standard InChI is InChI=1S/C14H16N2O2S2/c1-19-12-8-4-3-6-10(12)16-11-7-5-9-13(14(11)15)20(2,17)18/h3-9,16H,15H2,1-2H3. The average molecular weight is 308 g/mol. The first kappa shape index (κ1) is 14.7. The van der Waals surface area contributed by atoms with Crippen molar-refractivity contribution in [2.24, 2.45) is 0 Å². The number of thioether (sulfide) groups is 1. The molecule has 0 heterocycles. The minimum Gasteiger partial charge on any atom is -0.396 e. The fraction of sp³-hybridized carbons (Fsp3) is 0.143. The predicted molar refractivity (Wildman–Crippen MR) is 85.5 cm³/mol. The number of anilines is 3. The van der Waals surface area contributed by atoms with Crippen LogP contribution in [0.25, 0.3) is 0 Å². The predicted octanol–water partition coefficient (Wildman–Crippen LogP) is 3.14. The van der Waals surface area contributed by atoms with Gasteiger partial charge in [0.1, 0.15) is 0 Å². The van der Waals surface area contributed by atoms with E-state index in [9.17, 15) is 8.42 Å². The molecule has 0 bridgehead atoms. The normalized spacial score (nSPS) is 11.3. The van der Waals surface area contributed by atoms with Crippen LogP contribution in [0.15, 0.2) is 52.3 Å². The number of nitrogens with two attached hydrogens (primary N) is 1. The monoisotopic (exact) mass is 308 g/mol. The van der Waals surface area contributed by atoms with Gasteiger partial charge in [0.15, 0.2) is 9.84 Å². The molecule has 4 nitrogen and oxygen atoms in total. The van der Waals surface area contributed by atoms with E-state index in [1.807, 2.05) is 30.5 Å². The van der Waals surface area contributed by atoms with Gasteiger partial charge in [0.05, 0.1) is 22.0 Å². The highest BCUT2D eigenvalue weighted by Crippen LogP contribution is 2.32. The Morgan fingerprint density at radius 2 is 1.70 bits per heavy atom. The Morgan fingerprint density at radius 1 is 1.05 bits per heavy atom. The summed E-state index contributed by atoms with van der Waals surface area (Å²) < 4.78 is 23.3. The molecule has 0 fully saturated rings. The Bertz CT molecular complexity index is 728. The molecule has 2 aromatic carbocycles. The van der Waals surface area contributed by atoms with E-state index in [4.69, 9.17) is 5.73 Å². The summed E-state index contributed by atoms with van der Waals surface area (Å²) >= 11 is 1.61. The molecule has 0 aliphatic rings. The Morgan fingerprint density at radius 3 is 2.35 bits per heavy atom. The van der Waals surface area contributed by atoms with E-state index in [0.717, 1.165) is 16.8 Å². The van der Waals surface area contributed by atoms with Gasteiger partial charge in [-0.3, -0.25) is 0 Å². The molecule has 0 spiro atoms. The summed E-state index contributed by atoms with van der Waals surface area (Å²) in [6.45, 7) is 0. The van der Waals surface area contributed by atoms with Crippen LogP contribution in [0.4, 0.5) is 17.1 Å². The van der Waals surface area contributed by atoms with Crippen molar-refractivity contribution in [1.82, 2.24) is 0 Å². The highest BCUT2D eigenvalue weighted by molar-refractivity contribution is 7.98. The van der Waals surface area contributed by atoms with E-state index in [1.165, 1.54) is 6.07 Å². The smallest absolute Gasteiger partial charge is 0.177 e. The first-order valence-electron chi connectivity index (χ1n) is 5.92. The van der Waals surface area contributed by atoms with Crippen molar-refractivity contribution >= 4 is 38.7 Å². The van der Waals surface area contributed by atoms with Gasteiger partial charge in [0, 0.05) is 11.2 Å². The van der Waals surface area contributed by atoms with Crippen LogP contribution in [0.2, 0.25) is 0 Å². The molecule has 106 valence electrons. The Hall–Kier alpha value is -1.66. The van der Waals surface area contributed by atoms with Crippen LogP contribution in [-0.2, 0) is 9.84 Å². The second-order valence-electron chi connectivity index (χ2n) is 4.31. The summed E-state index contributed by atoms with van der Waals surface area (Å²) in [5.74, 6) is 0. The summed E-state index contributed by atoms with van der Waals surface area (Å²) in [6.07, 6.45) is 3.13. The van der Waals surface area contributed by atoms with Gasteiger partial charge in [-0.1, -0.05) is 18.2 Å². The van der Waals surface area contributed by atoms with Crippen molar-refractivity contribution in [3.05, 3.63) is 42.5 Å². The van der Waals surface area contributed by atoms with Crippen LogP contribution in [0.5, 0.6) is 0 Å². The Labute approximate surface area is 123 Å². The highest BCUT2D eigenvalue weighted by atomic mass is 32.2. The van der Waals surface area contributed by atoms with Crippen molar-refractivity contribution in [3.8, 4) is 0 Å². The van der Waals surface area contributed by atoms with Gasteiger partial charge in [-0.15, -0.1) is 11.8 Å². The first-order chi connectivity index (χ1) is 9.43. The van der Waals surface area contributed by atoms with Crippen LogP contribution in [0.3, 0.4) is 0 Å².